The Labute approximate surface area is 111 Å². The Morgan fingerprint density at radius 3 is 2.84 bits per heavy atom. The van der Waals surface area contributed by atoms with Gasteiger partial charge in [0.25, 0.3) is 0 Å². The normalized spacial score (nSPS) is 19.7. The number of nitrogens with two attached hydrogens (primary N) is 1. The van der Waals surface area contributed by atoms with Crippen molar-refractivity contribution in [2.45, 2.75) is 18.6 Å². The molecule has 19 heavy (non-hydrogen) atoms. The van der Waals surface area contributed by atoms with E-state index in [2.05, 4.69) is 33.6 Å². The van der Waals surface area contributed by atoms with Crippen LogP contribution in [-0.2, 0) is 11.2 Å². The summed E-state index contributed by atoms with van der Waals surface area (Å²) in [5.74, 6) is 5.71. The van der Waals surface area contributed by atoms with Gasteiger partial charge in [-0.3, -0.25) is 5.84 Å². The van der Waals surface area contributed by atoms with Crippen molar-refractivity contribution < 1.29 is 4.74 Å². The Bertz CT molecular complexity index is 546. The molecule has 5 heteroatoms. The van der Waals surface area contributed by atoms with E-state index in [-0.39, 0.29) is 12.1 Å². The van der Waals surface area contributed by atoms with Crippen molar-refractivity contribution >= 4 is 0 Å². The summed E-state index contributed by atoms with van der Waals surface area (Å²) in [5, 5.41) is 0. The van der Waals surface area contributed by atoms with Gasteiger partial charge in [0.2, 0.25) is 0 Å². The molecule has 3 N–H and O–H groups in total. The molecule has 5 nitrogen and oxygen atoms in total. The van der Waals surface area contributed by atoms with Gasteiger partial charge in [-0.2, -0.15) is 0 Å². The highest BCUT2D eigenvalue weighted by molar-refractivity contribution is 5.33. The molecule has 1 aliphatic heterocycles. The lowest BCUT2D eigenvalue weighted by atomic mass is 9.91. The smallest absolute Gasteiger partial charge is 0.115 e. The van der Waals surface area contributed by atoms with Gasteiger partial charge in [0, 0.05) is 18.0 Å². The predicted molar refractivity (Wildman–Crippen MR) is 70.9 cm³/mol. The molecule has 2 unspecified atom stereocenters. The molecule has 1 aliphatic rings. The van der Waals surface area contributed by atoms with Crippen molar-refractivity contribution in [2.75, 3.05) is 6.61 Å². The summed E-state index contributed by atoms with van der Waals surface area (Å²) in [4.78, 5) is 8.08. The van der Waals surface area contributed by atoms with Gasteiger partial charge in [-0.05, 0) is 17.5 Å². The number of nitrogens with zero attached hydrogens (tertiary/aromatic N) is 2. The largest absolute Gasteiger partial charge is 0.371 e. The molecule has 0 saturated carbocycles. The summed E-state index contributed by atoms with van der Waals surface area (Å²) in [6, 6.07) is 8.16. The zero-order chi connectivity index (χ0) is 13.1. The fourth-order valence-electron chi connectivity index (χ4n) is 2.53. The number of rotatable bonds is 3. The lowest BCUT2D eigenvalue weighted by molar-refractivity contribution is 0.0145. The van der Waals surface area contributed by atoms with Gasteiger partial charge in [0.05, 0.1) is 12.6 Å². The molecule has 0 saturated heterocycles. The maximum atomic E-state index is 5.91. The third-order valence-electron chi connectivity index (χ3n) is 3.45. The van der Waals surface area contributed by atoms with Crippen molar-refractivity contribution in [3.05, 3.63) is 59.7 Å². The molecule has 0 amide bonds. The lowest BCUT2D eigenvalue weighted by Crippen LogP contribution is -2.35. The number of benzene rings is 1. The third-order valence-corrected chi connectivity index (χ3v) is 3.45. The van der Waals surface area contributed by atoms with Crippen molar-refractivity contribution in [2.24, 2.45) is 5.84 Å². The number of hydrogen-bond donors (Lipinski definition) is 2. The van der Waals surface area contributed by atoms with Gasteiger partial charge < -0.3 is 4.74 Å². The van der Waals surface area contributed by atoms with Gasteiger partial charge in [0.15, 0.2) is 0 Å². The summed E-state index contributed by atoms with van der Waals surface area (Å²) in [6.07, 6.45) is 5.86. The van der Waals surface area contributed by atoms with Gasteiger partial charge in [-0.1, -0.05) is 24.3 Å². The highest BCUT2D eigenvalue weighted by Crippen LogP contribution is 2.35. The molecule has 2 atom stereocenters. The summed E-state index contributed by atoms with van der Waals surface area (Å²) < 4.78 is 5.91. The SMILES string of the molecule is NNC(c1cncnc1)C1OCCc2ccccc21. The van der Waals surface area contributed by atoms with Crippen LogP contribution >= 0.6 is 0 Å². The second-order valence-corrected chi connectivity index (χ2v) is 4.56. The Morgan fingerprint density at radius 2 is 2.05 bits per heavy atom. The van der Waals surface area contributed by atoms with Gasteiger partial charge >= 0.3 is 0 Å². The number of hydrazine groups is 1. The first kappa shape index (κ1) is 12.2. The Balaban J connectivity index is 1.97. The molecular weight excluding hydrogens is 240 g/mol. The minimum Gasteiger partial charge on any atom is -0.371 e. The van der Waals surface area contributed by atoms with Crippen LogP contribution in [-0.4, -0.2) is 16.6 Å². The van der Waals surface area contributed by atoms with E-state index in [1.807, 2.05) is 6.07 Å². The first-order valence-corrected chi connectivity index (χ1v) is 6.30. The summed E-state index contributed by atoms with van der Waals surface area (Å²) in [6.45, 7) is 0.702. The van der Waals surface area contributed by atoms with Crippen LogP contribution in [0.5, 0.6) is 0 Å². The monoisotopic (exact) mass is 256 g/mol. The molecule has 3 rings (SSSR count). The minimum absolute atomic E-state index is 0.110. The molecule has 98 valence electrons. The summed E-state index contributed by atoms with van der Waals surface area (Å²) in [7, 11) is 0. The molecule has 2 heterocycles. The molecule has 1 aromatic heterocycles. The number of fused-ring (bicyclic) bond motifs is 1. The van der Waals surface area contributed by atoms with Crippen LogP contribution in [0.25, 0.3) is 0 Å². The highest BCUT2D eigenvalue weighted by atomic mass is 16.5. The number of ether oxygens (including phenoxy) is 1. The molecule has 1 aromatic carbocycles. The van der Waals surface area contributed by atoms with Crippen molar-refractivity contribution in [3.8, 4) is 0 Å². The van der Waals surface area contributed by atoms with Crippen LogP contribution in [0.3, 0.4) is 0 Å². The van der Waals surface area contributed by atoms with Gasteiger partial charge in [0.1, 0.15) is 12.4 Å². The zero-order valence-electron chi connectivity index (χ0n) is 10.5. The van der Waals surface area contributed by atoms with E-state index in [1.165, 1.54) is 17.5 Å². The topological polar surface area (TPSA) is 73.1 Å². The van der Waals surface area contributed by atoms with Crippen LogP contribution in [0.15, 0.2) is 43.0 Å². The van der Waals surface area contributed by atoms with Gasteiger partial charge in [-0.25, -0.2) is 15.4 Å². The molecule has 0 fully saturated rings. The molecule has 0 aliphatic carbocycles. The van der Waals surface area contributed by atoms with Crippen molar-refractivity contribution in [1.82, 2.24) is 15.4 Å². The summed E-state index contributed by atoms with van der Waals surface area (Å²) >= 11 is 0. The Morgan fingerprint density at radius 1 is 1.26 bits per heavy atom. The molecule has 0 bridgehead atoms. The van der Waals surface area contributed by atoms with Crippen LogP contribution in [0.1, 0.15) is 28.8 Å². The average Bonchev–Trinajstić information content (AvgIpc) is 2.49. The zero-order valence-corrected chi connectivity index (χ0v) is 10.5. The van der Waals surface area contributed by atoms with Gasteiger partial charge in [-0.15, -0.1) is 0 Å². The van der Waals surface area contributed by atoms with E-state index < -0.39 is 0 Å². The Kier molecular flexibility index (Phi) is 3.50. The van der Waals surface area contributed by atoms with E-state index in [0.717, 1.165) is 12.0 Å². The van der Waals surface area contributed by atoms with E-state index >= 15 is 0 Å². The first-order valence-electron chi connectivity index (χ1n) is 6.30. The average molecular weight is 256 g/mol. The lowest BCUT2D eigenvalue weighted by Gasteiger charge is -2.32. The fraction of sp³-hybridized carbons (Fsp3) is 0.286. The predicted octanol–water partition coefficient (Wildman–Crippen LogP) is 1.29. The highest BCUT2D eigenvalue weighted by Gasteiger charge is 2.29. The minimum atomic E-state index is -0.150. The van der Waals surface area contributed by atoms with Crippen LogP contribution in [0.4, 0.5) is 0 Å². The van der Waals surface area contributed by atoms with Crippen molar-refractivity contribution in [1.29, 1.82) is 0 Å². The van der Waals surface area contributed by atoms with E-state index in [9.17, 15) is 0 Å². The second-order valence-electron chi connectivity index (χ2n) is 4.56. The molecule has 0 spiro atoms. The second kappa shape index (κ2) is 5.44. The van der Waals surface area contributed by atoms with Crippen LogP contribution < -0.4 is 11.3 Å². The molecular formula is C14H16N4O. The standard InChI is InChI=1S/C14H16N4O/c15-18-13(11-7-16-9-17-8-11)14-12-4-2-1-3-10(12)5-6-19-14/h1-4,7-9,13-14,18H,5-6,15H2. The number of hydrogen-bond acceptors (Lipinski definition) is 5. The van der Waals surface area contributed by atoms with E-state index in [4.69, 9.17) is 10.6 Å². The number of aromatic nitrogens is 2. The first-order chi connectivity index (χ1) is 9.40. The maximum Gasteiger partial charge on any atom is 0.115 e. The maximum absolute atomic E-state index is 5.91. The fourth-order valence-corrected chi connectivity index (χ4v) is 2.53. The van der Waals surface area contributed by atoms with E-state index in [1.54, 1.807) is 12.4 Å². The summed E-state index contributed by atoms with van der Waals surface area (Å²) in [5.41, 5.74) is 6.24. The van der Waals surface area contributed by atoms with Crippen LogP contribution in [0.2, 0.25) is 0 Å². The molecule has 2 aromatic rings. The van der Waals surface area contributed by atoms with Crippen LogP contribution in [0, 0.1) is 0 Å². The Hall–Kier alpha value is -1.82. The third kappa shape index (κ3) is 2.35. The van der Waals surface area contributed by atoms with E-state index in [0.29, 0.717) is 6.61 Å². The quantitative estimate of drug-likeness (QED) is 0.639. The van der Waals surface area contributed by atoms with Crippen molar-refractivity contribution in [3.63, 3.8) is 0 Å². The number of nitrogens with one attached hydrogen (secondary N) is 1. The molecule has 0 radical (unpaired) electrons.